The minimum atomic E-state index is -0.161. The quantitative estimate of drug-likeness (QED) is 0.162. The molecule has 4 aromatic carbocycles. The number of benzene rings is 4. The Morgan fingerprint density at radius 3 is 1.41 bits per heavy atom. The summed E-state index contributed by atoms with van der Waals surface area (Å²) < 4.78 is 16.4. The van der Waals surface area contributed by atoms with E-state index in [9.17, 15) is 4.79 Å². The number of hydrogen-bond acceptors (Lipinski definition) is 4. The topological polar surface area (TPSA) is 44.8 Å². The van der Waals surface area contributed by atoms with Gasteiger partial charge in [-0.3, -0.25) is 4.79 Å². The Kier molecular flexibility index (Phi) is 7.22. The van der Waals surface area contributed by atoms with E-state index < -0.39 is 0 Å². The summed E-state index contributed by atoms with van der Waals surface area (Å²) in [4.78, 5) is 12.7. The Bertz CT molecular complexity index is 1240. The summed E-state index contributed by atoms with van der Waals surface area (Å²) in [7, 11) is 1.60. The van der Waals surface area contributed by atoms with Crippen molar-refractivity contribution >= 4 is 28.8 Å². The zero-order chi connectivity index (χ0) is 24.1. The molecule has 4 rings (SSSR count). The van der Waals surface area contributed by atoms with Gasteiger partial charge in [0.05, 0.1) is 7.11 Å². The lowest BCUT2D eigenvalue weighted by Gasteiger charge is -2.26. The molecule has 0 aliphatic rings. The van der Waals surface area contributed by atoms with Crippen molar-refractivity contribution in [2.24, 2.45) is 0 Å². The predicted molar refractivity (Wildman–Crippen MR) is 143 cm³/mol. The van der Waals surface area contributed by atoms with E-state index in [0.717, 1.165) is 17.2 Å². The molecule has 0 unspecified atom stereocenters. The molecule has 0 amide bonds. The maximum atomic E-state index is 12.7. The first kappa shape index (κ1) is 23.8. The number of hydrogen-bond donors (Lipinski definition) is 0. The van der Waals surface area contributed by atoms with E-state index in [4.69, 9.17) is 12.5 Å². The highest BCUT2D eigenvalue weighted by Gasteiger charge is 2.23. The lowest BCUT2D eigenvalue weighted by molar-refractivity contribution is 0.103. The van der Waals surface area contributed by atoms with Crippen LogP contribution in [0, 0.1) is 0 Å². The van der Waals surface area contributed by atoms with Gasteiger partial charge in [-0.1, -0.05) is 38.1 Å². The van der Waals surface area contributed by atoms with Crippen molar-refractivity contribution in [1.29, 1.82) is 0 Å². The van der Waals surface area contributed by atoms with Crippen molar-refractivity contribution in [2.75, 3.05) is 7.11 Å². The van der Waals surface area contributed by atoms with Crippen LogP contribution in [0.25, 0.3) is 0 Å². The van der Waals surface area contributed by atoms with Crippen molar-refractivity contribution in [3.8, 4) is 23.0 Å². The van der Waals surface area contributed by atoms with Gasteiger partial charge in [0.2, 0.25) is 0 Å². The number of ether oxygens (including phenoxy) is 2. The first-order valence-electron chi connectivity index (χ1n) is 10.9. The molecule has 34 heavy (non-hydrogen) atoms. The molecule has 0 atom stereocenters. The van der Waals surface area contributed by atoms with Crippen LogP contribution >= 0.6 is 23.0 Å². The maximum Gasteiger partial charge on any atom is 0.193 e. The second-order valence-electron chi connectivity index (χ2n) is 8.43. The molecule has 172 valence electrons. The molecule has 0 aromatic heterocycles. The first-order valence-corrected chi connectivity index (χ1v) is 11.7. The molecular formula is C29H25IO4. The molecule has 0 fully saturated rings. The van der Waals surface area contributed by atoms with Crippen molar-refractivity contribution in [3.05, 3.63) is 119 Å². The van der Waals surface area contributed by atoms with Crippen LogP contribution in [0.1, 0.15) is 40.9 Å². The van der Waals surface area contributed by atoms with Crippen molar-refractivity contribution < 1.29 is 17.3 Å². The fourth-order valence-electron chi connectivity index (χ4n) is 3.75. The lowest BCUT2D eigenvalue weighted by atomic mass is 9.78. The molecular weight excluding hydrogens is 539 g/mol. The van der Waals surface area contributed by atoms with E-state index in [1.165, 1.54) is 11.1 Å². The van der Waals surface area contributed by atoms with Gasteiger partial charge in [-0.05, 0) is 83.9 Å². The molecule has 4 nitrogen and oxygen atoms in total. The van der Waals surface area contributed by atoms with Gasteiger partial charge < -0.3 is 12.5 Å². The average molecular weight is 564 g/mol. The highest BCUT2D eigenvalue weighted by Crippen LogP contribution is 2.34. The van der Waals surface area contributed by atoms with Crippen molar-refractivity contribution in [1.82, 2.24) is 0 Å². The number of carbonyl (C=O) groups excluding carboxylic acids is 1. The molecule has 0 spiro atoms. The van der Waals surface area contributed by atoms with Crippen LogP contribution in [-0.2, 0) is 5.41 Å². The predicted octanol–water partition coefficient (Wildman–Crippen LogP) is 7.77. The summed E-state index contributed by atoms with van der Waals surface area (Å²) in [6.07, 6.45) is 0. The van der Waals surface area contributed by atoms with Gasteiger partial charge in [-0.2, -0.15) is 0 Å². The third kappa shape index (κ3) is 5.25. The molecule has 0 saturated heterocycles. The lowest BCUT2D eigenvalue weighted by Crippen LogP contribution is -2.18. The summed E-state index contributed by atoms with van der Waals surface area (Å²) >= 11 is 1.88. The minimum Gasteiger partial charge on any atom is -0.497 e. The number of carbonyl (C=O) groups is 1. The fraction of sp³-hybridized carbons (Fsp3) is 0.138. The second-order valence-corrected chi connectivity index (χ2v) is 8.88. The van der Waals surface area contributed by atoms with E-state index in [2.05, 4.69) is 38.1 Å². The van der Waals surface area contributed by atoms with Gasteiger partial charge >= 0.3 is 0 Å². The van der Waals surface area contributed by atoms with Gasteiger partial charge in [0.1, 0.15) is 23.0 Å². The highest BCUT2D eigenvalue weighted by atomic mass is 127. The standard InChI is InChI=1S/C29H25IO4/c1-29(2,23-10-18-27(34-30)19-11-23)22-8-16-26(17-9-22)33-25-14-6-21(7-15-25)28(31)20-4-12-24(32-3)13-5-20/h4-19H,1-3H3. The molecule has 0 saturated carbocycles. The van der Waals surface area contributed by atoms with Crippen molar-refractivity contribution in [2.45, 2.75) is 19.3 Å². The number of rotatable bonds is 8. The van der Waals surface area contributed by atoms with Gasteiger partial charge in [0, 0.05) is 16.5 Å². The minimum absolute atomic E-state index is 0.0427. The van der Waals surface area contributed by atoms with E-state index in [0.29, 0.717) is 16.9 Å². The van der Waals surface area contributed by atoms with Crippen molar-refractivity contribution in [3.63, 3.8) is 0 Å². The van der Waals surface area contributed by atoms with E-state index >= 15 is 0 Å². The molecule has 0 N–H and O–H groups in total. The maximum absolute atomic E-state index is 12.7. The zero-order valence-corrected chi connectivity index (χ0v) is 21.4. The highest BCUT2D eigenvalue weighted by molar-refractivity contribution is 14.1. The SMILES string of the molecule is COc1ccc(C(=O)c2ccc(Oc3ccc(C(C)(C)c4ccc(OI)cc4)cc3)cc2)cc1. The molecule has 0 aliphatic carbocycles. The van der Waals surface area contributed by atoms with E-state index in [1.807, 2.05) is 59.4 Å². The van der Waals surface area contributed by atoms with Crippen LogP contribution < -0.4 is 12.5 Å². The summed E-state index contributed by atoms with van der Waals surface area (Å²) in [5.41, 5.74) is 3.45. The van der Waals surface area contributed by atoms with Gasteiger partial charge in [0.25, 0.3) is 0 Å². The number of halogens is 1. The van der Waals surface area contributed by atoms with E-state index in [-0.39, 0.29) is 11.2 Å². The Balaban J connectivity index is 1.44. The summed E-state index contributed by atoms with van der Waals surface area (Å²) in [5, 5.41) is 0. The van der Waals surface area contributed by atoms with Gasteiger partial charge in [0.15, 0.2) is 28.8 Å². The van der Waals surface area contributed by atoms with Crippen LogP contribution in [0.2, 0.25) is 0 Å². The van der Waals surface area contributed by atoms with Crippen LogP contribution in [-0.4, -0.2) is 12.9 Å². The third-order valence-corrected chi connectivity index (χ3v) is 6.45. The number of methoxy groups -OCH3 is 1. The monoisotopic (exact) mass is 564 g/mol. The zero-order valence-electron chi connectivity index (χ0n) is 19.2. The van der Waals surface area contributed by atoms with E-state index in [1.54, 1.807) is 43.5 Å². The molecule has 4 aromatic rings. The third-order valence-electron chi connectivity index (χ3n) is 5.95. The normalized spacial score (nSPS) is 11.1. The molecule has 0 heterocycles. The smallest absolute Gasteiger partial charge is 0.193 e. The Morgan fingerprint density at radius 2 is 1.00 bits per heavy atom. The molecule has 5 heteroatoms. The Labute approximate surface area is 214 Å². The number of ketones is 1. The Morgan fingerprint density at radius 1 is 0.618 bits per heavy atom. The molecule has 0 bridgehead atoms. The van der Waals surface area contributed by atoms with Crippen LogP contribution in [0.4, 0.5) is 0 Å². The Hall–Kier alpha value is -3.32. The average Bonchev–Trinajstić information content (AvgIpc) is 2.89. The van der Waals surface area contributed by atoms with Crippen LogP contribution in [0.5, 0.6) is 23.0 Å². The van der Waals surface area contributed by atoms with Crippen LogP contribution in [0.15, 0.2) is 97.1 Å². The van der Waals surface area contributed by atoms with Gasteiger partial charge in [-0.15, -0.1) is 0 Å². The van der Waals surface area contributed by atoms with Gasteiger partial charge in [-0.25, -0.2) is 0 Å². The largest absolute Gasteiger partial charge is 0.497 e. The van der Waals surface area contributed by atoms with Crippen LogP contribution in [0.3, 0.4) is 0 Å². The fourth-order valence-corrected chi connectivity index (χ4v) is 4.04. The summed E-state index contributed by atoms with van der Waals surface area (Å²) in [5.74, 6) is 2.92. The first-order chi connectivity index (χ1) is 16.4. The second kappa shape index (κ2) is 10.3. The summed E-state index contributed by atoms with van der Waals surface area (Å²) in [6, 6.07) is 30.5. The molecule has 0 radical (unpaired) electrons. The summed E-state index contributed by atoms with van der Waals surface area (Å²) in [6.45, 7) is 4.39. The molecule has 0 aliphatic heterocycles.